The normalized spacial score (nSPS) is 11.8. The number of nitrogens with zero attached hydrogens (tertiary/aromatic N) is 4. The highest BCUT2D eigenvalue weighted by Gasteiger charge is 2.26. The van der Waals surface area contributed by atoms with Crippen LogP contribution in [0.2, 0.25) is 0 Å². The minimum Gasteiger partial charge on any atom is -0.309 e. The largest absolute Gasteiger partial charge is 0.309 e. The zero-order valence-electron chi connectivity index (χ0n) is 30.8. The molecule has 0 radical (unpaired) electrons. The zero-order chi connectivity index (χ0) is 37.3. The monoisotopic (exact) mass is 754 g/mol. The minimum absolute atomic E-state index is 1.02. The predicted molar refractivity (Wildman–Crippen MR) is 238 cm³/mol. The molecule has 0 saturated heterocycles. The molecule has 4 aromatic heterocycles. The smallest absolute Gasteiger partial charge is 0.127 e. The molecule has 266 valence electrons. The van der Waals surface area contributed by atoms with E-state index in [1.165, 1.54) is 31.3 Å². The predicted octanol–water partition coefficient (Wildman–Crippen LogP) is 14.1. The molecule has 0 unspecified atom stereocenters. The molecule has 0 aliphatic rings. The van der Waals surface area contributed by atoms with Gasteiger partial charge in [-0.3, -0.25) is 0 Å². The van der Waals surface area contributed by atoms with Crippen molar-refractivity contribution in [3.8, 4) is 55.0 Å². The number of aromatic nitrogens is 4. The summed E-state index contributed by atoms with van der Waals surface area (Å²) in [6.07, 6.45) is 0. The Labute approximate surface area is 332 Å². The number of hydrogen-bond donors (Lipinski definition) is 0. The Bertz CT molecular complexity index is 2960. The van der Waals surface area contributed by atoms with Crippen molar-refractivity contribution in [3.05, 3.63) is 181 Å². The molecule has 0 saturated carbocycles. The molecule has 4 heterocycles. The second kappa shape index (κ2) is 13.0. The molecule has 0 N–H and O–H groups in total. The lowest BCUT2D eigenvalue weighted by atomic mass is 10.0. The molecule has 6 heteroatoms. The Hall–Kier alpha value is -6.60. The summed E-state index contributed by atoms with van der Waals surface area (Å²) in [5.41, 5.74) is 15.9. The van der Waals surface area contributed by atoms with Crippen LogP contribution < -0.4 is 0 Å². The van der Waals surface area contributed by atoms with Crippen molar-refractivity contribution in [2.75, 3.05) is 0 Å². The molecule has 11 rings (SSSR count). The second-order valence-corrected chi connectivity index (χ2v) is 16.4. The standard InChI is InChI=1S/C50H34N4S2/c1-31-19-27-35(28-20-31)53-41-15-7-3-11-37(41)45(49-51-39-13-5-9-17-43(39)55-49)47(53)33-23-25-34(26-24-33)48-46(50-52-40-14-6-10-18-44(40)56-50)38-12-4-8-16-42(38)54(48)36-29-21-32(2)22-30-36/h3-30H,1-2H3. The second-order valence-electron chi connectivity index (χ2n) is 14.4. The molecule has 0 aliphatic carbocycles. The number of aryl methyl sites for hydroxylation is 2. The van der Waals surface area contributed by atoms with Crippen LogP contribution in [0.25, 0.3) is 97.3 Å². The number of thiazole rings is 2. The van der Waals surface area contributed by atoms with Gasteiger partial charge in [0.15, 0.2) is 0 Å². The number of benzene rings is 7. The number of rotatable bonds is 6. The minimum atomic E-state index is 1.02. The van der Waals surface area contributed by atoms with Crippen LogP contribution in [0.1, 0.15) is 11.1 Å². The molecule has 0 atom stereocenters. The van der Waals surface area contributed by atoms with E-state index >= 15 is 0 Å². The third kappa shape index (κ3) is 5.25. The van der Waals surface area contributed by atoms with Crippen LogP contribution in [0.15, 0.2) is 170 Å². The molecular weight excluding hydrogens is 721 g/mol. The molecule has 11 aromatic rings. The Morgan fingerprint density at radius 1 is 0.393 bits per heavy atom. The van der Waals surface area contributed by atoms with Gasteiger partial charge in [0.1, 0.15) is 10.0 Å². The van der Waals surface area contributed by atoms with Gasteiger partial charge in [-0.25, -0.2) is 9.97 Å². The quantitative estimate of drug-likeness (QED) is 0.169. The van der Waals surface area contributed by atoms with E-state index in [-0.39, 0.29) is 0 Å². The molecule has 4 nitrogen and oxygen atoms in total. The summed E-state index contributed by atoms with van der Waals surface area (Å²) in [5, 5.41) is 4.41. The summed E-state index contributed by atoms with van der Waals surface area (Å²) in [7, 11) is 0. The third-order valence-corrected chi connectivity index (χ3v) is 12.9. The lowest BCUT2D eigenvalue weighted by Gasteiger charge is -2.15. The number of para-hydroxylation sites is 4. The van der Waals surface area contributed by atoms with Gasteiger partial charge in [-0.2, -0.15) is 0 Å². The summed E-state index contributed by atoms with van der Waals surface area (Å²) in [5.74, 6) is 0. The van der Waals surface area contributed by atoms with Crippen LogP contribution in [-0.4, -0.2) is 19.1 Å². The van der Waals surface area contributed by atoms with E-state index in [9.17, 15) is 0 Å². The Balaban J connectivity index is 1.18. The van der Waals surface area contributed by atoms with Crippen molar-refractivity contribution in [1.29, 1.82) is 0 Å². The van der Waals surface area contributed by atoms with Gasteiger partial charge < -0.3 is 9.13 Å². The van der Waals surface area contributed by atoms with E-state index in [0.29, 0.717) is 0 Å². The lowest BCUT2D eigenvalue weighted by Crippen LogP contribution is -1.99. The summed E-state index contributed by atoms with van der Waals surface area (Å²) >= 11 is 3.51. The van der Waals surface area contributed by atoms with E-state index in [2.05, 4.69) is 193 Å². The van der Waals surface area contributed by atoms with Crippen LogP contribution in [0.4, 0.5) is 0 Å². The Kier molecular flexibility index (Phi) is 7.62. The van der Waals surface area contributed by atoms with E-state index < -0.39 is 0 Å². The summed E-state index contributed by atoms with van der Waals surface area (Å²) in [6.45, 7) is 4.28. The first-order valence-electron chi connectivity index (χ1n) is 18.8. The highest BCUT2D eigenvalue weighted by Crippen LogP contribution is 2.48. The average molecular weight is 755 g/mol. The molecular formula is C50H34N4S2. The van der Waals surface area contributed by atoms with Crippen LogP contribution in [0.5, 0.6) is 0 Å². The highest BCUT2D eigenvalue weighted by molar-refractivity contribution is 7.22. The van der Waals surface area contributed by atoms with E-state index in [1.54, 1.807) is 22.7 Å². The first-order valence-corrected chi connectivity index (χ1v) is 20.5. The first kappa shape index (κ1) is 32.8. The third-order valence-electron chi connectivity index (χ3n) is 10.8. The lowest BCUT2D eigenvalue weighted by molar-refractivity contribution is 1.13. The van der Waals surface area contributed by atoms with Crippen molar-refractivity contribution in [2.45, 2.75) is 13.8 Å². The Morgan fingerprint density at radius 2 is 0.768 bits per heavy atom. The fraction of sp³-hybridized carbons (Fsp3) is 0.0400. The molecule has 0 amide bonds. The van der Waals surface area contributed by atoms with Crippen molar-refractivity contribution >= 4 is 64.9 Å². The fourth-order valence-corrected chi connectivity index (χ4v) is 10.2. The molecule has 0 spiro atoms. The van der Waals surface area contributed by atoms with E-state index in [0.717, 1.165) is 77.1 Å². The maximum absolute atomic E-state index is 5.24. The van der Waals surface area contributed by atoms with Crippen LogP contribution in [0.3, 0.4) is 0 Å². The molecule has 0 fully saturated rings. The Morgan fingerprint density at radius 3 is 1.18 bits per heavy atom. The average Bonchev–Trinajstić information content (AvgIpc) is 4.02. The van der Waals surface area contributed by atoms with E-state index in [1.807, 2.05) is 0 Å². The maximum atomic E-state index is 5.24. The zero-order valence-corrected chi connectivity index (χ0v) is 32.4. The maximum Gasteiger partial charge on any atom is 0.127 e. The summed E-state index contributed by atoms with van der Waals surface area (Å²) < 4.78 is 7.20. The van der Waals surface area contributed by atoms with Crippen molar-refractivity contribution < 1.29 is 0 Å². The van der Waals surface area contributed by atoms with Gasteiger partial charge in [-0.05, 0) is 85.6 Å². The number of fused-ring (bicyclic) bond motifs is 4. The topological polar surface area (TPSA) is 35.6 Å². The number of hydrogen-bond acceptors (Lipinski definition) is 4. The van der Waals surface area contributed by atoms with Gasteiger partial charge in [0.05, 0.1) is 42.9 Å². The van der Waals surface area contributed by atoms with Crippen molar-refractivity contribution in [2.24, 2.45) is 0 Å². The van der Waals surface area contributed by atoms with Gasteiger partial charge in [-0.15, -0.1) is 22.7 Å². The molecule has 56 heavy (non-hydrogen) atoms. The van der Waals surface area contributed by atoms with Crippen molar-refractivity contribution in [1.82, 2.24) is 19.1 Å². The molecule has 0 bridgehead atoms. The van der Waals surface area contributed by atoms with Crippen LogP contribution in [-0.2, 0) is 0 Å². The SMILES string of the molecule is Cc1ccc(-n2c(-c3ccc(-c4c(-c5nc6ccccc6s5)c5ccccc5n4-c4ccc(C)cc4)cc3)c(-c3nc4ccccc4s3)c3ccccc32)cc1. The van der Waals surface area contributed by atoms with Gasteiger partial charge in [-0.1, -0.05) is 120 Å². The van der Waals surface area contributed by atoms with Gasteiger partial charge in [0.2, 0.25) is 0 Å². The first-order chi connectivity index (χ1) is 27.6. The van der Waals surface area contributed by atoms with Crippen LogP contribution in [0, 0.1) is 13.8 Å². The molecule has 7 aromatic carbocycles. The van der Waals surface area contributed by atoms with Gasteiger partial charge in [0.25, 0.3) is 0 Å². The van der Waals surface area contributed by atoms with E-state index in [4.69, 9.17) is 9.97 Å². The van der Waals surface area contributed by atoms with Crippen molar-refractivity contribution in [3.63, 3.8) is 0 Å². The highest BCUT2D eigenvalue weighted by atomic mass is 32.1. The summed E-state index contributed by atoms with van der Waals surface area (Å²) in [6, 6.07) is 61.2. The fourth-order valence-electron chi connectivity index (χ4n) is 8.13. The molecule has 0 aliphatic heterocycles. The van der Waals surface area contributed by atoms with Gasteiger partial charge in [0, 0.05) is 33.3 Å². The van der Waals surface area contributed by atoms with Gasteiger partial charge >= 0.3 is 0 Å². The van der Waals surface area contributed by atoms with Crippen LogP contribution >= 0.6 is 22.7 Å². The summed E-state index contributed by atoms with van der Waals surface area (Å²) in [4.78, 5) is 10.5.